The molecule has 124 valence electrons. The van der Waals surface area contributed by atoms with Crippen LogP contribution in [-0.2, 0) is 9.59 Å². The van der Waals surface area contributed by atoms with Crippen molar-refractivity contribution in [2.45, 2.75) is 11.3 Å². The Morgan fingerprint density at radius 3 is 2.50 bits per heavy atom. The third-order valence-electron chi connectivity index (χ3n) is 2.99. The first-order valence-electron chi connectivity index (χ1n) is 7.09. The standard InChI is InChI=1S/C17H16FN3O2S/c1-24-13-8-6-12(7-9-13)11-19-21-17(23)10-16(22)20-15-5-3-2-4-14(15)18/h2-9,11H,10H2,1H3,(H,20,22)(H,21,23). The molecule has 7 heteroatoms. The molecule has 0 heterocycles. The van der Waals surface area contributed by atoms with Crippen LogP contribution in [0, 0.1) is 5.82 Å². The number of amides is 2. The third-order valence-corrected chi connectivity index (χ3v) is 3.73. The number of benzene rings is 2. The lowest BCUT2D eigenvalue weighted by molar-refractivity contribution is -0.126. The number of thioether (sulfide) groups is 1. The average Bonchev–Trinajstić information content (AvgIpc) is 2.57. The molecular formula is C17H16FN3O2S. The second-order valence-electron chi connectivity index (χ2n) is 4.77. The maximum Gasteiger partial charge on any atom is 0.249 e. The van der Waals surface area contributed by atoms with Crippen molar-refractivity contribution in [2.75, 3.05) is 11.6 Å². The van der Waals surface area contributed by atoms with Crippen molar-refractivity contribution in [1.82, 2.24) is 5.43 Å². The van der Waals surface area contributed by atoms with Gasteiger partial charge in [-0.1, -0.05) is 24.3 Å². The zero-order valence-electron chi connectivity index (χ0n) is 13.0. The van der Waals surface area contributed by atoms with Crippen LogP contribution in [0.15, 0.2) is 58.5 Å². The van der Waals surface area contributed by atoms with Gasteiger partial charge in [-0.3, -0.25) is 9.59 Å². The SMILES string of the molecule is CSc1ccc(C=NNC(=O)CC(=O)Nc2ccccc2F)cc1. The molecule has 2 aromatic carbocycles. The van der Waals surface area contributed by atoms with Gasteiger partial charge in [-0.05, 0) is 36.1 Å². The van der Waals surface area contributed by atoms with Crippen molar-refractivity contribution < 1.29 is 14.0 Å². The summed E-state index contributed by atoms with van der Waals surface area (Å²) in [6, 6.07) is 13.4. The van der Waals surface area contributed by atoms with E-state index in [4.69, 9.17) is 0 Å². The monoisotopic (exact) mass is 345 g/mol. The lowest BCUT2D eigenvalue weighted by Crippen LogP contribution is -2.24. The number of nitrogens with zero attached hydrogens (tertiary/aromatic N) is 1. The molecule has 0 radical (unpaired) electrons. The highest BCUT2D eigenvalue weighted by Crippen LogP contribution is 2.14. The van der Waals surface area contributed by atoms with Crippen LogP contribution < -0.4 is 10.7 Å². The van der Waals surface area contributed by atoms with Gasteiger partial charge < -0.3 is 5.32 Å². The van der Waals surface area contributed by atoms with Gasteiger partial charge in [0, 0.05) is 4.90 Å². The van der Waals surface area contributed by atoms with E-state index in [1.807, 2.05) is 30.5 Å². The van der Waals surface area contributed by atoms with E-state index in [0.29, 0.717) is 0 Å². The lowest BCUT2D eigenvalue weighted by atomic mass is 10.2. The first-order valence-corrected chi connectivity index (χ1v) is 8.31. The quantitative estimate of drug-likeness (QED) is 0.366. The Morgan fingerprint density at radius 1 is 1.12 bits per heavy atom. The number of anilines is 1. The summed E-state index contributed by atoms with van der Waals surface area (Å²) in [5.74, 6) is -1.75. The number of para-hydroxylation sites is 1. The van der Waals surface area contributed by atoms with Gasteiger partial charge in [0.15, 0.2) is 0 Å². The molecule has 2 rings (SSSR count). The molecule has 0 aliphatic rings. The van der Waals surface area contributed by atoms with E-state index in [0.717, 1.165) is 10.5 Å². The largest absolute Gasteiger partial charge is 0.323 e. The van der Waals surface area contributed by atoms with Crippen LogP contribution in [0.25, 0.3) is 0 Å². The minimum Gasteiger partial charge on any atom is -0.323 e. The predicted octanol–water partition coefficient (Wildman–Crippen LogP) is 3.03. The topological polar surface area (TPSA) is 70.6 Å². The molecule has 0 aliphatic carbocycles. The fraction of sp³-hybridized carbons (Fsp3) is 0.118. The zero-order valence-corrected chi connectivity index (χ0v) is 13.8. The average molecular weight is 345 g/mol. The zero-order chi connectivity index (χ0) is 17.4. The molecule has 2 amide bonds. The van der Waals surface area contributed by atoms with Crippen LogP contribution in [0.5, 0.6) is 0 Å². The molecule has 24 heavy (non-hydrogen) atoms. The van der Waals surface area contributed by atoms with Gasteiger partial charge in [0.05, 0.1) is 11.9 Å². The van der Waals surface area contributed by atoms with Crippen molar-refractivity contribution in [1.29, 1.82) is 0 Å². The van der Waals surface area contributed by atoms with Gasteiger partial charge in [-0.2, -0.15) is 5.10 Å². The van der Waals surface area contributed by atoms with E-state index >= 15 is 0 Å². The summed E-state index contributed by atoms with van der Waals surface area (Å²) >= 11 is 1.63. The maximum absolute atomic E-state index is 13.4. The summed E-state index contributed by atoms with van der Waals surface area (Å²) in [5.41, 5.74) is 3.12. The van der Waals surface area contributed by atoms with Crippen LogP contribution in [0.1, 0.15) is 12.0 Å². The highest BCUT2D eigenvalue weighted by molar-refractivity contribution is 7.98. The maximum atomic E-state index is 13.4. The summed E-state index contributed by atoms with van der Waals surface area (Å²) in [4.78, 5) is 24.4. The summed E-state index contributed by atoms with van der Waals surface area (Å²) < 4.78 is 13.4. The van der Waals surface area contributed by atoms with E-state index in [1.54, 1.807) is 17.8 Å². The van der Waals surface area contributed by atoms with Crippen molar-refractivity contribution in [2.24, 2.45) is 5.10 Å². The molecule has 0 saturated heterocycles. The predicted molar refractivity (Wildman–Crippen MR) is 93.6 cm³/mol. The summed E-state index contributed by atoms with van der Waals surface area (Å²) in [7, 11) is 0. The van der Waals surface area contributed by atoms with Gasteiger partial charge in [-0.15, -0.1) is 11.8 Å². The van der Waals surface area contributed by atoms with Crippen LogP contribution in [0.4, 0.5) is 10.1 Å². The fourth-order valence-electron chi connectivity index (χ4n) is 1.81. The first kappa shape index (κ1) is 17.7. The van der Waals surface area contributed by atoms with Crippen LogP contribution in [-0.4, -0.2) is 24.3 Å². The molecule has 2 aromatic rings. The molecule has 0 atom stereocenters. The summed E-state index contributed by atoms with van der Waals surface area (Å²) in [6.07, 6.45) is 3.02. The molecule has 0 fully saturated rings. The van der Waals surface area contributed by atoms with Crippen LogP contribution in [0.2, 0.25) is 0 Å². The molecule has 0 unspecified atom stereocenters. The van der Waals surface area contributed by atoms with Crippen molar-refractivity contribution in [3.63, 3.8) is 0 Å². The van der Waals surface area contributed by atoms with E-state index in [2.05, 4.69) is 15.8 Å². The second-order valence-corrected chi connectivity index (χ2v) is 5.65. The molecule has 0 bridgehead atoms. The Balaban J connectivity index is 1.81. The minimum absolute atomic E-state index is 0.0349. The molecule has 0 aliphatic heterocycles. The Morgan fingerprint density at radius 2 is 1.83 bits per heavy atom. The number of carbonyl (C=O) groups excluding carboxylic acids is 2. The van der Waals surface area contributed by atoms with Crippen LogP contribution in [0.3, 0.4) is 0 Å². The van der Waals surface area contributed by atoms with E-state index < -0.39 is 24.1 Å². The van der Waals surface area contributed by atoms with Gasteiger partial charge in [0.25, 0.3) is 0 Å². The van der Waals surface area contributed by atoms with Crippen molar-refractivity contribution in [3.8, 4) is 0 Å². The van der Waals surface area contributed by atoms with E-state index in [-0.39, 0.29) is 5.69 Å². The molecule has 0 spiro atoms. The Labute approximate surface area is 143 Å². The Hall–Kier alpha value is -2.67. The van der Waals surface area contributed by atoms with E-state index in [1.165, 1.54) is 24.4 Å². The second kappa shape index (κ2) is 8.83. The van der Waals surface area contributed by atoms with Gasteiger partial charge in [0.2, 0.25) is 11.8 Å². The number of carbonyl (C=O) groups is 2. The highest BCUT2D eigenvalue weighted by atomic mass is 32.2. The highest BCUT2D eigenvalue weighted by Gasteiger charge is 2.10. The third kappa shape index (κ3) is 5.51. The molecule has 2 N–H and O–H groups in total. The first-order chi connectivity index (χ1) is 11.6. The number of hydrogen-bond acceptors (Lipinski definition) is 4. The van der Waals surface area contributed by atoms with Gasteiger partial charge in [-0.25, -0.2) is 9.82 Å². The number of hydrazone groups is 1. The number of halogens is 1. The molecule has 0 aromatic heterocycles. The molecule has 0 saturated carbocycles. The van der Waals surface area contributed by atoms with E-state index in [9.17, 15) is 14.0 Å². The Bertz CT molecular complexity index is 748. The number of rotatable bonds is 6. The molecular weight excluding hydrogens is 329 g/mol. The van der Waals surface area contributed by atoms with Crippen LogP contribution >= 0.6 is 11.8 Å². The van der Waals surface area contributed by atoms with Crippen molar-refractivity contribution in [3.05, 3.63) is 59.9 Å². The fourth-order valence-corrected chi connectivity index (χ4v) is 2.22. The number of hydrogen-bond donors (Lipinski definition) is 2. The minimum atomic E-state index is -0.614. The Kier molecular flexibility index (Phi) is 6.51. The molecule has 5 nitrogen and oxygen atoms in total. The normalized spacial score (nSPS) is 10.6. The van der Waals surface area contributed by atoms with Crippen molar-refractivity contribution >= 4 is 35.5 Å². The summed E-state index contributed by atoms with van der Waals surface area (Å²) in [6.45, 7) is 0. The number of nitrogens with one attached hydrogen (secondary N) is 2. The van der Waals surface area contributed by atoms with Gasteiger partial charge >= 0.3 is 0 Å². The lowest BCUT2D eigenvalue weighted by Gasteiger charge is -2.05. The smallest absolute Gasteiger partial charge is 0.249 e. The summed E-state index contributed by atoms with van der Waals surface area (Å²) in [5, 5.41) is 6.12. The van der Waals surface area contributed by atoms with Gasteiger partial charge in [0.1, 0.15) is 12.2 Å².